The number of pyridine rings is 1. The topological polar surface area (TPSA) is 70.6 Å². The summed E-state index contributed by atoms with van der Waals surface area (Å²) in [5.74, 6) is -0.170. The molecule has 2 aliphatic rings. The molecule has 0 N–H and O–H groups in total. The van der Waals surface area contributed by atoms with Crippen molar-refractivity contribution in [3.63, 3.8) is 0 Å². The van der Waals surface area contributed by atoms with Crippen molar-refractivity contribution in [2.45, 2.75) is 49.6 Å². The smallest absolute Gasteiger partial charge is 0.254 e. The molecule has 8 heteroatoms. The molecule has 6 nitrogen and oxygen atoms in total. The molecule has 154 valence electrons. The zero-order chi connectivity index (χ0) is 20.4. The van der Waals surface area contributed by atoms with Crippen molar-refractivity contribution in [3.05, 3.63) is 58.9 Å². The largest absolute Gasteiger partial charge is 0.331 e. The number of aromatic nitrogens is 1. The number of nitrogens with zero attached hydrogens (tertiary/aromatic N) is 3. The van der Waals surface area contributed by atoms with Crippen LogP contribution in [0.4, 0.5) is 0 Å². The van der Waals surface area contributed by atoms with Crippen molar-refractivity contribution in [2.75, 3.05) is 13.1 Å². The summed E-state index contributed by atoms with van der Waals surface area (Å²) in [6.45, 7) is 1.46. The van der Waals surface area contributed by atoms with Crippen LogP contribution in [0.2, 0.25) is 5.02 Å². The lowest BCUT2D eigenvalue weighted by atomic mass is 10.1. The van der Waals surface area contributed by atoms with E-state index in [4.69, 9.17) is 11.6 Å². The first-order chi connectivity index (χ1) is 14.0. The van der Waals surface area contributed by atoms with Crippen molar-refractivity contribution < 1.29 is 13.2 Å². The molecule has 0 spiro atoms. The van der Waals surface area contributed by atoms with Crippen LogP contribution in [-0.2, 0) is 16.6 Å². The molecule has 0 radical (unpaired) electrons. The van der Waals surface area contributed by atoms with E-state index < -0.39 is 10.0 Å². The lowest BCUT2D eigenvalue weighted by molar-refractivity contribution is 0.0729. The highest BCUT2D eigenvalue weighted by atomic mass is 35.5. The van der Waals surface area contributed by atoms with Gasteiger partial charge in [-0.2, -0.15) is 4.31 Å². The van der Waals surface area contributed by atoms with E-state index in [1.165, 1.54) is 16.4 Å². The summed E-state index contributed by atoms with van der Waals surface area (Å²) in [6.07, 6.45) is 8.05. The van der Waals surface area contributed by atoms with Crippen LogP contribution in [-0.4, -0.2) is 47.6 Å². The summed E-state index contributed by atoms with van der Waals surface area (Å²) < 4.78 is 27.7. The molecule has 2 heterocycles. The SMILES string of the molecule is O=C(c1ccc(Cl)c(S(=O)(=O)N2CCCCC2)c1)N(Cc1ccncc1)C1CC1. The van der Waals surface area contributed by atoms with Crippen molar-refractivity contribution >= 4 is 27.5 Å². The lowest BCUT2D eigenvalue weighted by Gasteiger charge is -2.27. The number of amides is 1. The number of hydrogen-bond donors (Lipinski definition) is 0. The lowest BCUT2D eigenvalue weighted by Crippen LogP contribution is -2.36. The fraction of sp³-hybridized carbons (Fsp3) is 0.429. The van der Waals surface area contributed by atoms with E-state index in [9.17, 15) is 13.2 Å². The van der Waals surface area contributed by atoms with Gasteiger partial charge in [0.1, 0.15) is 4.90 Å². The molecular weight excluding hydrogens is 410 g/mol. The van der Waals surface area contributed by atoms with E-state index in [1.54, 1.807) is 18.5 Å². The molecule has 2 fully saturated rings. The molecule has 1 aliphatic carbocycles. The Kier molecular flexibility index (Phi) is 5.90. The van der Waals surface area contributed by atoms with Gasteiger partial charge < -0.3 is 4.90 Å². The van der Waals surface area contributed by atoms with E-state index in [2.05, 4.69) is 4.98 Å². The Hall–Kier alpha value is -1.96. The first-order valence-corrected chi connectivity index (χ1v) is 11.8. The molecule has 1 saturated heterocycles. The first kappa shape index (κ1) is 20.3. The number of hydrogen-bond acceptors (Lipinski definition) is 4. The maximum absolute atomic E-state index is 13.3. The van der Waals surface area contributed by atoms with Gasteiger partial charge in [0, 0.05) is 43.6 Å². The van der Waals surface area contributed by atoms with E-state index >= 15 is 0 Å². The van der Waals surface area contributed by atoms with Gasteiger partial charge in [-0.25, -0.2) is 8.42 Å². The molecule has 1 aromatic carbocycles. The van der Waals surface area contributed by atoms with Gasteiger partial charge in [0.15, 0.2) is 0 Å². The fourth-order valence-electron chi connectivity index (χ4n) is 3.68. The quantitative estimate of drug-likeness (QED) is 0.696. The number of benzene rings is 1. The summed E-state index contributed by atoms with van der Waals surface area (Å²) >= 11 is 6.25. The molecule has 0 bridgehead atoms. The summed E-state index contributed by atoms with van der Waals surface area (Å²) in [5.41, 5.74) is 1.35. The average molecular weight is 434 g/mol. The second-order valence-electron chi connectivity index (χ2n) is 7.63. The van der Waals surface area contributed by atoms with E-state index in [0.29, 0.717) is 25.2 Å². The minimum absolute atomic E-state index is 0.0200. The van der Waals surface area contributed by atoms with Gasteiger partial charge in [-0.15, -0.1) is 0 Å². The number of carbonyl (C=O) groups excluding carboxylic acids is 1. The number of halogens is 1. The van der Waals surface area contributed by atoms with Gasteiger partial charge >= 0.3 is 0 Å². The van der Waals surface area contributed by atoms with Gasteiger partial charge in [0.2, 0.25) is 10.0 Å². The number of sulfonamides is 1. The minimum atomic E-state index is -3.72. The third-order valence-electron chi connectivity index (χ3n) is 5.46. The summed E-state index contributed by atoms with van der Waals surface area (Å²) in [6, 6.07) is 8.53. The Morgan fingerprint density at radius 3 is 2.45 bits per heavy atom. The zero-order valence-electron chi connectivity index (χ0n) is 16.1. The number of rotatable bonds is 6. The highest BCUT2D eigenvalue weighted by Crippen LogP contribution is 2.32. The molecule has 0 unspecified atom stereocenters. The zero-order valence-corrected chi connectivity index (χ0v) is 17.7. The van der Waals surface area contributed by atoms with Gasteiger partial charge in [-0.1, -0.05) is 18.0 Å². The highest BCUT2D eigenvalue weighted by Gasteiger charge is 2.34. The molecule has 4 rings (SSSR count). The number of carbonyl (C=O) groups is 1. The summed E-state index contributed by atoms with van der Waals surface area (Å²) in [7, 11) is -3.72. The molecular formula is C21H24ClN3O3S. The maximum atomic E-state index is 13.3. The van der Waals surface area contributed by atoms with Crippen LogP contribution in [0.25, 0.3) is 0 Å². The molecule has 1 amide bonds. The average Bonchev–Trinajstić information content (AvgIpc) is 3.58. The van der Waals surface area contributed by atoms with Crippen molar-refractivity contribution in [2.24, 2.45) is 0 Å². The molecule has 1 saturated carbocycles. The molecule has 2 aromatic rings. The van der Waals surface area contributed by atoms with Crippen LogP contribution >= 0.6 is 11.6 Å². The second-order valence-corrected chi connectivity index (χ2v) is 9.94. The molecule has 1 aliphatic heterocycles. The summed E-state index contributed by atoms with van der Waals surface area (Å²) in [5, 5.41) is 0.152. The van der Waals surface area contributed by atoms with Crippen LogP contribution in [0.1, 0.15) is 48.0 Å². The number of piperidine rings is 1. The van der Waals surface area contributed by atoms with Crippen LogP contribution < -0.4 is 0 Å². The fourth-order valence-corrected chi connectivity index (χ4v) is 5.70. The van der Waals surface area contributed by atoms with Gasteiger partial charge in [0.05, 0.1) is 5.02 Å². The predicted molar refractivity (Wildman–Crippen MR) is 111 cm³/mol. The van der Waals surface area contributed by atoms with Crippen LogP contribution in [0, 0.1) is 0 Å². The molecule has 29 heavy (non-hydrogen) atoms. The Bertz CT molecular complexity index is 987. The van der Waals surface area contributed by atoms with Crippen LogP contribution in [0.15, 0.2) is 47.6 Å². The van der Waals surface area contributed by atoms with Gasteiger partial charge in [-0.05, 0) is 61.6 Å². The third-order valence-corrected chi connectivity index (χ3v) is 7.84. The Labute approximate surface area is 176 Å². The predicted octanol–water partition coefficient (Wildman–Crippen LogP) is 3.71. The highest BCUT2D eigenvalue weighted by molar-refractivity contribution is 7.89. The van der Waals surface area contributed by atoms with Crippen LogP contribution in [0.5, 0.6) is 0 Å². The normalized spacial score (nSPS) is 17.8. The Morgan fingerprint density at radius 2 is 1.79 bits per heavy atom. The van der Waals surface area contributed by atoms with Crippen LogP contribution in [0.3, 0.4) is 0 Å². The molecule has 1 aromatic heterocycles. The first-order valence-electron chi connectivity index (χ1n) is 9.96. The minimum Gasteiger partial charge on any atom is -0.331 e. The Morgan fingerprint density at radius 1 is 1.10 bits per heavy atom. The van der Waals surface area contributed by atoms with Crippen molar-refractivity contribution in [1.82, 2.24) is 14.2 Å². The summed E-state index contributed by atoms with van der Waals surface area (Å²) in [4.78, 5) is 19.1. The van der Waals surface area contributed by atoms with Crippen molar-refractivity contribution in [3.8, 4) is 0 Å². The molecule has 0 atom stereocenters. The van der Waals surface area contributed by atoms with Gasteiger partial charge in [0.25, 0.3) is 5.91 Å². The standard InChI is InChI=1S/C21H24ClN3O3S/c22-19-7-4-17(14-20(19)29(27,28)24-12-2-1-3-13-24)21(26)25(18-5-6-18)15-16-8-10-23-11-9-16/h4,7-11,14,18H,1-3,5-6,12-13,15H2. The van der Waals surface area contributed by atoms with E-state index in [-0.39, 0.29) is 21.9 Å². The Balaban J connectivity index is 1.62. The van der Waals surface area contributed by atoms with E-state index in [1.807, 2.05) is 17.0 Å². The monoisotopic (exact) mass is 433 g/mol. The maximum Gasteiger partial charge on any atom is 0.254 e. The van der Waals surface area contributed by atoms with E-state index in [0.717, 1.165) is 37.7 Å². The third kappa shape index (κ3) is 4.47. The second kappa shape index (κ2) is 8.42. The van der Waals surface area contributed by atoms with Gasteiger partial charge in [-0.3, -0.25) is 9.78 Å². The van der Waals surface area contributed by atoms with Crippen molar-refractivity contribution in [1.29, 1.82) is 0 Å².